The van der Waals surface area contributed by atoms with Gasteiger partial charge in [0, 0.05) is 30.9 Å². The van der Waals surface area contributed by atoms with Gasteiger partial charge in [0.05, 0.1) is 12.2 Å². The van der Waals surface area contributed by atoms with Crippen molar-refractivity contribution in [1.29, 1.82) is 0 Å². The molecular formula is C23H28N2O3. The van der Waals surface area contributed by atoms with E-state index in [-0.39, 0.29) is 18.1 Å². The first-order valence-electron chi connectivity index (χ1n) is 9.66. The highest BCUT2D eigenvalue weighted by Gasteiger charge is 2.23. The van der Waals surface area contributed by atoms with Crippen LogP contribution in [0.1, 0.15) is 29.8 Å². The van der Waals surface area contributed by atoms with Crippen molar-refractivity contribution in [1.82, 2.24) is 4.90 Å². The highest BCUT2D eigenvalue weighted by Crippen LogP contribution is 2.21. The lowest BCUT2D eigenvalue weighted by molar-refractivity contribution is -0.0704. The summed E-state index contributed by atoms with van der Waals surface area (Å²) in [5.74, 6) is 0.582. The molecule has 148 valence electrons. The first kappa shape index (κ1) is 20.1. The number of rotatable bonds is 7. The van der Waals surface area contributed by atoms with Crippen molar-refractivity contribution in [3.63, 3.8) is 0 Å². The molecule has 1 fully saturated rings. The number of nitrogens with one attached hydrogen (secondary N) is 1. The van der Waals surface area contributed by atoms with E-state index in [1.807, 2.05) is 18.2 Å². The fraction of sp³-hybridized carbons (Fsp3) is 0.348. The second-order valence-corrected chi connectivity index (χ2v) is 7.19. The van der Waals surface area contributed by atoms with Gasteiger partial charge in [0.2, 0.25) is 0 Å². The molecule has 1 heterocycles. The van der Waals surface area contributed by atoms with Gasteiger partial charge in [-0.2, -0.15) is 0 Å². The van der Waals surface area contributed by atoms with Gasteiger partial charge in [0.15, 0.2) is 0 Å². The van der Waals surface area contributed by atoms with E-state index in [0.717, 1.165) is 30.9 Å². The second kappa shape index (κ2) is 9.53. The van der Waals surface area contributed by atoms with Crippen molar-refractivity contribution in [2.24, 2.45) is 0 Å². The zero-order chi connectivity index (χ0) is 19.9. The van der Waals surface area contributed by atoms with Crippen LogP contribution in [0.25, 0.3) is 0 Å². The average Bonchev–Trinajstić information content (AvgIpc) is 2.67. The van der Waals surface area contributed by atoms with Crippen LogP contribution in [-0.2, 0) is 11.3 Å². The Morgan fingerprint density at radius 3 is 2.54 bits per heavy atom. The van der Waals surface area contributed by atoms with Crippen LogP contribution < -0.4 is 10.1 Å². The number of morpholine rings is 1. The number of amides is 1. The van der Waals surface area contributed by atoms with Crippen LogP contribution in [0.3, 0.4) is 0 Å². The van der Waals surface area contributed by atoms with Gasteiger partial charge in [-0.25, -0.2) is 0 Å². The van der Waals surface area contributed by atoms with E-state index >= 15 is 0 Å². The molecule has 1 saturated heterocycles. The molecule has 0 aliphatic carbocycles. The van der Waals surface area contributed by atoms with Crippen LogP contribution in [0.2, 0.25) is 0 Å². The third-order valence-electron chi connectivity index (χ3n) is 4.64. The monoisotopic (exact) mass is 380 g/mol. The predicted octanol–water partition coefficient (Wildman–Crippen LogP) is 4.11. The van der Waals surface area contributed by atoms with Gasteiger partial charge in [0.1, 0.15) is 12.4 Å². The number of carbonyl (C=O) groups is 1. The van der Waals surface area contributed by atoms with Gasteiger partial charge in [-0.05, 0) is 49.7 Å². The summed E-state index contributed by atoms with van der Waals surface area (Å²) in [6.07, 6.45) is 2.12. The molecule has 1 amide bonds. The summed E-state index contributed by atoms with van der Waals surface area (Å²) in [6.45, 7) is 10.8. The third kappa shape index (κ3) is 5.44. The number of carbonyl (C=O) groups excluding carboxylic acids is 1. The summed E-state index contributed by atoms with van der Waals surface area (Å²) in [5.41, 5.74) is 2.53. The first-order valence-corrected chi connectivity index (χ1v) is 9.66. The summed E-state index contributed by atoms with van der Waals surface area (Å²) in [6, 6.07) is 15.1. The molecular weight excluding hydrogens is 352 g/mol. The topological polar surface area (TPSA) is 50.8 Å². The predicted molar refractivity (Wildman–Crippen MR) is 112 cm³/mol. The Kier molecular flexibility index (Phi) is 6.85. The number of anilines is 1. The zero-order valence-electron chi connectivity index (χ0n) is 16.6. The van der Waals surface area contributed by atoms with Crippen molar-refractivity contribution < 1.29 is 14.3 Å². The molecule has 28 heavy (non-hydrogen) atoms. The smallest absolute Gasteiger partial charge is 0.255 e. The molecule has 0 bridgehead atoms. The van der Waals surface area contributed by atoms with E-state index in [0.29, 0.717) is 17.9 Å². The number of ether oxygens (including phenoxy) is 2. The van der Waals surface area contributed by atoms with Crippen LogP contribution in [0, 0.1) is 0 Å². The van der Waals surface area contributed by atoms with Crippen LogP contribution in [0.15, 0.2) is 61.2 Å². The zero-order valence-corrected chi connectivity index (χ0v) is 16.6. The largest absolute Gasteiger partial charge is 0.490 e. The van der Waals surface area contributed by atoms with Crippen molar-refractivity contribution in [2.45, 2.75) is 32.6 Å². The fourth-order valence-electron chi connectivity index (χ4n) is 3.49. The van der Waals surface area contributed by atoms with E-state index in [2.05, 4.69) is 36.7 Å². The van der Waals surface area contributed by atoms with E-state index in [9.17, 15) is 4.79 Å². The molecule has 0 radical (unpaired) electrons. The molecule has 5 heteroatoms. The van der Waals surface area contributed by atoms with Gasteiger partial charge >= 0.3 is 0 Å². The molecule has 0 aromatic heterocycles. The molecule has 1 aliphatic rings. The maximum Gasteiger partial charge on any atom is 0.255 e. The van der Waals surface area contributed by atoms with E-state index in [1.54, 1.807) is 30.3 Å². The summed E-state index contributed by atoms with van der Waals surface area (Å²) in [7, 11) is 0. The normalized spacial score (nSPS) is 19.8. The van der Waals surface area contributed by atoms with Crippen LogP contribution in [0.4, 0.5) is 5.69 Å². The third-order valence-corrected chi connectivity index (χ3v) is 4.64. The average molecular weight is 380 g/mol. The first-order chi connectivity index (χ1) is 13.5. The quantitative estimate of drug-likeness (QED) is 0.735. The summed E-state index contributed by atoms with van der Waals surface area (Å²) in [4.78, 5) is 15.1. The molecule has 1 N–H and O–H groups in total. The summed E-state index contributed by atoms with van der Waals surface area (Å²) >= 11 is 0. The lowest BCUT2D eigenvalue weighted by Crippen LogP contribution is -2.44. The fourth-order valence-corrected chi connectivity index (χ4v) is 3.49. The van der Waals surface area contributed by atoms with E-state index in [4.69, 9.17) is 9.47 Å². The molecule has 2 aromatic carbocycles. The van der Waals surface area contributed by atoms with E-state index < -0.39 is 0 Å². The molecule has 0 spiro atoms. The highest BCUT2D eigenvalue weighted by atomic mass is 16.5. The van der Waals surface area contributed by atoms with E-state index in [1.165, 1.54) is 0 Å². The van der Waals surface area contributed by atoms with Crippen LogP contribution >= 0.6 is 0 Å². The van der Waals surface area contributed by atoms with Crippen molar-refractivity contribution in [3.8, 4) is 5.75 Å². The Balaban J connectivity index is 1.67. The van der Waals surface area contributed by atoms with Crippen LogP contribution in [0.5, 0.6) is 5.75 Å². The van der Waals surface area contributed by atoms with Crippen molar-refractivity contribution in [2.75, 3.05) is 25.0 Å². The van der Waals surface area contributed by atoms with Gasteiger partial charge in [-0.15, -0.1) is 0 Å². The number of benzene rings is 2. The van der Waals surface area contributed by atoms with Gasteiger partial charge in [-0.3, -0.25) is 9.69 Å². The number of hydrogen-bond acceptors (Lipinski definition) is 4. The Labute approximate surface area is 167 Å². The standard InChI is InChI=1S/C23H28N2O3/c1-4-13-27-21-11-9-19(10-12-21)23(26)24-22-8-6-5-7-20(22)16-25-14-17(2)28-18(3)15-25/h4-12,17-18H,1,13-16H2,2-3H3,(H,24,26). The number of nitrogens with zero attached hydrogens (tertiary/aromatic N) is 1. The maximum atomic E-state index is 12.7. The Morgan fingerprint density at radius 2 is 1.86 bits per heavy atom. The van der Waals surface area contributed by atoms with Gasteiger partial charge < -0.3 is 14.8 Å². The minimum atomic E-state index is -0.133. The van der Waals surface area contributed by atoms with Crippen molar-refractivity contribution >= 4 is 11.6 Å². The SMILES string of the molecule is C=CCOc1ccc(C(=O)Nc2ccccc2CN2CC(C)OC(C)C2)cc1. The molecule has 5 nitrogen and oxygen atoms in total. The molecule has 0 saturated carbocycles. The lowest BCUT2D eigenvalue weighted by atomic mass is 10.1. The molecule has 2 aromatic rings. The van der Waals surface area contributed by atoms with Crippen LogP contribution in [-0.4, -0.2) is 42.7 Å². The Morgan fingerprint density at radius 1 is 1.18 bits per heavy atom. The minimum absolute atomic E-state index is 0.133. The minimum Gasteiger partial charge on any atom is -0.490 e. The van der Waals surface area contributed by atoms with Crippen molar-refractivity contribution in [3.05, 3.63) is 72.3 Å². The van der Waals surface area contributed by atoms with Gasteiger partial charge in [0.25, 0.3) is 5.91 Å². The maximum absolute atomic E-state index is 12.7. The lowest BCUT2D eigenvalue weighted by Gasteiger charge is -2.35. The Hall–Kier alpha value is -2.63. The Bertz CT molecular complexity index is 794. The summed E-state index contributed by atoms with van der Waals surface area (Å²) < 4.78 is 11.3. The molecule has 2 unspecified atom stereocenters. The van der Waals surface area contributed by atoms with Gasteiger partial charge in [-0.1, -0.05) is 30.9 Å². The molecule has 3 rings (SSSR count). The molecule has 2 atom stereocenters. The summed E-state index contributed by atoms with van der Waals surface area (Å²) in [5, 5.41) is 3.05. The molecule has 1 aliphatic heterocycles. The second-order valence-electron chi connectivity index (χ2n) is 7.19. The number of para-hydroxylation sites is 1. The highest BCUT2D eigenvalue weighted by molar-refractivity contribution is 6.04. The number of hydrogen-bond donors (Lipinski definition) is 1.